The van der Waals surface area contributed by atoms with Crippen molar-refractivity contribution in [2.75, 3.05) is 26.8 Å². The number of carboxylic acids is 1. The van der Waals surface area contributed by atoms with E-state index in [1.807, 2.05) is 31.2 Å². The van der Waals surface area contributed by atoms with Gasteiger partial charge in [0.2, 0.25) is 5.91 Å². The number of rotatable bonds is 8. The first-order chi connectivity index (χ1) is 16.9. The molecule has 1 atom stereocenters. The topological polar surface area (TPSA) is 105 Å². The summed E-state index contributed by atoms with van der Waals surface area (Å²) in [6.07, 6.45) is 0.631. The normalized spacial score (nSPS) is 17.3. The van der Waals surface area contributed by atoms with E-state index in [4.69, 9.17) is 9.47 Å². The summed E-state index contributed by atoms with van der Waals surface area (Å²) >= 11 is 0. The predicted molar refractivity (Wildman–Crippen MR) is 130 cm³/mol. The molecule has 4 rings (SSSR count). The Morgan fingerprint density at radius 1 is 1.06 bits per heavy atom. The number of benzene rings is 2. The summed E-state index contributed by atoms with van der Waals surface area (Å²) in [4.78, 5) is 38.6. The molecule has 2 N–H and O–H groups in total. The third-order valence-electron chi connectivity index (χ3n) is 7.28. The number of carboxylic acid groups (broad SMARTS) is 1. The van der Waals surface area contributed by atoms with E-state index < -0.39 is 17.7 Å². The van der Waals surface area contributed by atoms with Gasteiger partial charge in [0.15, 0.2) is 5.60 Å². The van der Waals surface area contributed by atoms with Crippen molar-refractivity contribution in [1.29, 1.82) is 0 Å². The van der Waals surface area contributed by atoms with Gasteiger partial charge in [-0.2, -0.15) is 0 Å². The molecule has 1 saturated heterocycles. The Bertz CT molecular complexity index is 1050. The molecule has 0 bridgehead atoms. The number of aliphatic carboxylic acids is 1. The number of methoxy groups -OCH3 is 1. The van der Waals surface area contributed by atoms with Gasteiger partial charge in [0.1, 0.15) is 6.61 Å². The Hall–Kier alpha value is -3.39. The number of nitrogens with one attached hydrogen (secondary N) is 1. The zero-order valence-corrected chi connectivity index (χ0v) is 20.2. The molecule has 35 heavy (non-hydrogen) atoms. The van der Waals surface area contributed by atoms with Crippen molar-refractivity contribution in [3.05, 3.63) is 59.7 Å². The van der Waals surface area contributed by atoms with E-state index in [-0.39, 0.29) is 43.7 Å². The van der Waals surface area contributed by atoms with Crippen molar-refractivity contribution in [3.8, 4) is 11.1 Å². The molecule has 1 heterocycles. The quantitative estimate of drug-likeness (QED) is 0.596. The molecule has 0 radical (unpaired) electrons. The zero-order valence-electron chi connectivity index (χ0n) is 20.2. The summed E-state index contributed by atoms with van der Waals surface area (Å²) in [7, 11) is 1.39. The summed E-state index contributed by atoms with van der Waals surface area (Å²) in [5.74, 6) is -1.15. The largest absolute Gasteiger partial charge is 0.479 e. The van der Waals surface area contributed by atoms with Crippen molar-refractivity contribution in [3.63, 3.8) is 0 Å². The molecule has 0 saturated carbocycles. The molecule has 1 aliphatic carbocycles. The fraction of sp³-hybridized carbons (Fsp3) is 0.444. The number of amides is 2. The van der Waals surface area contributed by atoms with Crippen LogP contribution in [0.2, 0.25) is 0 Å². The van der Waals surface area contributed by atoms with Crippen molar-refractivity contribution < 1.29 is 29.0 Å². The maximum absolute atomic E-state index is 12.8. The van der Waals surface area contributed by atoms with Crippen LogP contribution < -0.4 is 5.32 Å². The minimum Gasteiger partial charge on any atom is -0.479 e. The van der Waals surface area contributed by atoms with Gasteiger partial charge >= 0.3 is 12.1 Å². The monoisotopic (exact) mass is 480 g/mol. The SMILES string of the molecule is CC[C@H](CC(=O)N1CCC(OC)(C(=O)O)CC1)NC(=O)OCC1c2ccccc2-c2ccccc21. The third-order valence-corrected chi connectivity index (χ3v) is 7.28. The fourth-order valence-electron chi connectivity index (χ4n) is 5.07. The molecule has 0 aromatic heterocycles. The highest BCUT2D eigenvalue weighted by Gasteiger charge is 2.42. The van der Waals surface area contributed by atoms with E-state index >= 15 is 0 Å². The van der Waals surface area contributed by atoms with Gasteiger partial charge in [-0.1, -0.05) is 55.5 Å². The van der Waals surface area contributed by atoms with E-state index in [1.165, 1.54) is 7.11 Å². The number of piperidine rings is 1. The van der Waals surface area contributed by atoms with Crippen LogP contribution in [-0.2, 0) is 19.1 Å². The molecular weight excluding hydrogens is 448 g/mol. The Labute approximate surface area is 205 Å². The number of alkyl carbamates (subject to hydrolysis) is 1. The molecule has 2 amide bonds. The average molecular weight is 481 g/mol. The van der Waals surface area contributed by atoms with Gasteiger partial charge in [-0.3, -0.25) is 4.79 Å². The molecule has 0 spiro atoms. The van der Waals surface area contributed by atoms with Crippen molar-refractivity contribution in [2.24, 2.45) is 0 Å². The third kappa shape index (κ3) is 5.03. The second-order valence-corrected chi connectivity index (χ2v) is 9.16. The summed E-state index contributed by atoms with van der Waals surface area (Å²) in [6.45, 7) is 2.73. The van der Waals surface area contributed by atoms with Crippen LogP contribution in [0.4, 0.5) is 4.79 Å². The lowest BCUT2D eigenvalue weighted by molar-refractivity contribution is -0.170. The minimum absolute atomic E-state index is 0.0292. The van der Waals surface area contributed by atoms with Crippen LogP contribution in [0.15, 0.2) is 48.5 Å². The number of ether oxygens (including phenoxy) is 2. The molecule has 2 aromatic carbocycles. The minimum atomic E-state index is -1.24. The van der Waals surface area contributed by atoms with Gasteiger partial charge in [-0.15, -0.1) is 0 Å². The standard InChI is InChI=1S/C27H32N2O6/c1-3-18(16-24(30)29-14-12-27(34-2,13-15-29)25(31)32)28-26(33)35-17-23-21-10-6-4-8-19(21)20-9-5-7-11-22(20)23/h4-11,18,23H,3,12-17H2,1-2H3,(H,28,33)(H,31,32)/t18-/m1/s1. The van der Waals surface area contributed by atoms with E-state index in [1.54, 1.807) is 4.90 Å². The van der Waals surface area contributed by atoms with Crippen LogP contribution in [0.3, 0.4) is 0 Å². The first-order valence-corrected chi connectivity index (χ1v) is 12.1. The van der Waals surface area contributed by atoms with E-state index in [9.17, 15) is 19.5 Å². The number of hydrogen-bond acceptors (Lipinski definition) is 5. The summed E-state index contributed by atoms with van der Waals surface area (Å²) in [5.41, 5.74) is 3.37. The van der Waals surface area contributed by atoms with E-state index in [0.717, 1.165) is 22.3 Å². The molecule has 186 valence electrons. The second kappa shape index (κ2) is 10.5. The number of likely N-dealkylation sites (tertiary alicyclic amines) is 1. The van der Waals surface area contributed by atoms with Crippen molar-refractivity contribution in [1.82, 2.24) is 10.2 Å². The van der Waals surface area contributed by atoms with Crippen molar-refractivity contribution >= 4 is 18.0 Å². The molecule has 8 heteroatoms. The molecule has 8 nitrogen and oxygen atoms in total. The first-order valence-electron chi connectivity index (χ1n) is 12.1. The van der Waals surface area contributed by atoms with Crippen LogP contribution in [-0.4, -0.2) is 66.4 Å². The average Bonchev–Trinajstić information content (AvgIpc) is 3.20. The van der Waals surface area contributed by atoms with Gasteiger partial charge in [-0.05, 0) is 28.7 Å². The van der Waals surface area contributed by atoms with Crippen LogP contribution in [0.25, 0.3) is 11.1 Å². The first kappa shape index (κ1) is 24.7. The van der Waals surface area contributed by atoms with Gasteiger partial charge in [0.25, 0.3) is 0 Å². The predicted octanol–water partition coefficient (Wildman–Crippen LogP) is 3.79. The summed E-state index contributed by atoms with van der Waals surface area (Å²) in [5, 5.41) is 12.3. The Kier molecular flexibility index (Phi) is 7.40. The van der Waals surface area contributed by atoms with Crippen LogP contribution in [0.1, 0.15) is 49.7 Å². The lowest BCUT2D eigenvalue weighted by Crippen LogP contribution is -2.52. The molecule has 2 aromatic rings. The van der Waals surface area contributed by atoms with Gasteiger partial charge in [-0.25, -0.2) is 9.59 Å². The maximum atomic E-state index is 12.8. The number of fused-ring (bicyclic) bond motifs is 3. The van der Waals surface area contributed by atoms with Crippen LogP contribution >= 0.6 is 0 Å². The van der Waals surface area contributed by atoms with Gasteiger partial charge in [0, 0.05) is 51.4 Å². The highest BCUT2D eigenvalue weighted by molar-refractivity contribution is 5.81. The number of hydrogen-bond donors (Lipinski definition) is 2. The zero-order chi connectivity index (χ0) is 25.0. The Balaban J connectivity index is 1.30. The lowest BCUT2D eigenvalue weighted by Gasteiger charge is -2.38. The summed E-state index contributed by atoms with van der Waals surface area (Å²) < 4.78 is 10.8. The van der Waals surface area contributed by atoms with Crippen molar-refractivity contribution in [2.45, 2.75) is 50.2 Å². The highest BCUT2D eigenvalue weighted by atomic mass is 16.5. The Morgan fingerprint density at radius 3 is 2.14 bits per heavy atom. The molecule has 0 unspecified atom stereocenters. The van der Waals surface area contributed by atoms with E-state index in [0.29, 0.717) is 19.5 Å². The Morgan fingerprint density at radius 2 is 1.63 bits per heavy atom. The van der Waals surface area contributed by atoms with Gasteiger partial charge < -0.3 is 24.8 Å². The fourth-order valence-corrected chi connectivity index (χ4v) is 5.07. The molecule has 2 aliphatic rings. The molecule has 1 aliphatic heterocycles. The number of carbonyl (C=O) groups excluding carboxylic acids is 2. The van der Waals surface area contributed by atoms with Crippen LogP contribution in [0.5, 0.6) is 0 Å². The van der Waals surface area contributed by atoms with E-state index in [2.05, 4.69) is 29.6 Å². The molecular formula is C27H32N2O6. The van der Waals surface area contributed by atoms with Gasteiger partial charge in [0.05, 0.1) is 0 Å². The molecule has 1 fully saturated rings. The maximum Gasteiger partial charge on any atom is 0.407 e. The summed E-state index contributed by atoms with van der Waals surface area (Å²) in [6, 6.07) is 15.9. The number of carbonyl (C=O) groups is 3. The second-order valence-electron chi connectivity index (χ2n) is 9.16. The highest BCUT2D eigenvalue weighted by Crippen LogP contribution is 2.44. The van der Waals surface area contributed by atoms with Crippen LogP contribution in [0, 0.1) is 0 Å². The number of nitrogens with zero attached hydrogens (tertiary/aromatic N) is 1. The lowest BCUT2D eigenvalue weighted by atomic mass is 9.91. The smallest absolute Gasteiger partial charge is 0.407 e.